The highest BCUT2D eigenvalue weighted by Gasteiger charge is 2.14. The average molecular weight is 316 g/mol. The SMILES string of the molecule is CC(CC(O)c1ccco1)NC/C=C/c1ccccc1[N+](=O)[O-]. The van der Waals surface area contributed by atoms with Crippen LogP contribution in [0, 0.1) is 10.1 Å². The topological polar surface area (TPSA) is 88.5 Å². The highest BCUT2D eigenvalue weighted by Crippen LogP contribution is 2.19. The predicted octanol–water partition coefficient (Wildman–Crippen LogP) is 3.30. The van der Waals surface area contributed by atoms with Crippen LogP contribution in [0.1, 0.15) is 30.8 Å². The fraction of sp³-hybridized carbons (Fsp3) is 0.294. The molecule has 0 fully saturated rings. The number of nitrogens with zero attached hydrogens (tertiary/aromatic N) is 1. The molecule has 2 rings (SSSR count). The first-order valence-corrected chi connectivity index (χ1v) is 7.42. The van der Waals surface area contributed by atoms with E-state index in [4.69, 9.17) is 4.42 Å². The molecule has 23 heavy (non-hydrogen) atoms. The Morgan fingerprint density at radius 2 is 2.13 bits per heavy atom. The number of nitro benzene ring substituents is 1. The number of nitrogens with one attached hydrogen (secondary N) is 1. The Hall–Kier alpha value is -2.44. The van der Waals surface area contributed by atoms with E-state index < -0.39 is 11.0 Å². The molecule has 0 amide bonds. The second-order valence-electron chi connectivity index (χ2n) is 5.29. The van der Waals surface area contributed by atoms with Crippen molar-refractivity contribution in [3.63, 3.8) is 0 Å². The summed E-state index contributed by atoms with van der Waals surface area (Å²) < 4.78 is 5.16. The van der Waals surface area contributed by atoms with Crippen molar-refractivity contribution in [2.45, 2.75) is 25.5 Å². The van der Waals surface area contributed by atoms with Crippen LogP contribution in [-0.4, -0.2) is 22.6 Å². The van der Waals surface area contributed by atoms with E-state index in [0.29, 0.717) is 24.3 Å². The number of rotatable bonds is 8. The molecule has 6 nitrogen and oxygen atoms in total. The van der Waals surface area contributed by atoms with Crippen molar-refractivity contribution in [2.24, 2.45) is 0 Å². The van der Waals surface area contributed by atoms with Gasteiger partial charge in [0, 0.05) is 18.7 Å². The molecule has 2 N–H and O–H groups in total. The Morgan fingerprint density at radius 1 is 1.35 bits per heavy atom. The maximum absolute atomic E-state index is 10.9. The zero-order chi connectivity index (χ0) is 16.7. The standard InChI is InChI=1S/C17H20N2O4/c1-13(12-16(20)17-9-5-11-23-17)18-10-4-7-14-6-2-3-8-15(14)19(21)22/h2-9,11,13,16,18,20H,10,12H2,1H3/b7-4+. The number of nitro groups is 1. The summed E-state index contributed by atoms with van der Waals surface area (Å²) in [4.78, 5) is 10.5. The zero-order valence-electron chi connectivity index (χ0n) is 12.9. The summed E-state index contributed by atoms with van der Waals surface area (Å²) in [5.74, 6) is 0.550. The number of hydrogen-bond donors (Lipinski definition) is 2. The first kappa shape index (κ1) is 16.9. The number of hydrogen-bond acceptors (Lipinski definition) is 5. The van der Waals surface area contributed by atoms with Crippen LogP contribution in [0.25, 0.3) is 6.08 Å². The lowest BCUT2D eigenvalue weighted by Crippen LogP contribution is -2.27. The monoisotopic (exact) mass is 316 g/mol. The molecule has 0 radical (unpaired) electrons. The van der Waals surface area contributed by atoms with Gasteiger partial charge in [-0.05, 0) is 31.5 Å². The van der Waals surface area contributed by atoms with Gasteiger partial charge in [-0.3, -0.25) is 10.1 Å². The van der Waals surface area contributed by atoms with Crippen molar-refractivity contribution in [1.29, 1.82) is 0 Å². The number of furan rings is 1. The van der Waals surface area contributed by atoms with Gasteiger partial charge in [0.2, 0.25) is 0 Å². The van der Waals surface area contributed by atoms with E-state index in [9.17, 15) is 15.2 Å². The Morgan fingerprint density at radius 3 is 2.83 bits per heavy atom. The predicted molar refractivity (Wildman–Crippen MR) is 87.9 cm³/mol. The lowest BCUT2D eigenvalue weighted by Gasteiger charge is -2.15. The third-order valence-electron chi connectivity index (χ3n) is 3.46. The number of para-hydroxylation sites is 1. The van der Waals surface area contributed by atoms with E-state index in [0.717, 1.165) is 0 Å². The van der Waals surface area contributed by atoms with Crippen LogP contribution >= 0.6 is 0 Å². The van der Waals surface area contributed by atoms with Crippen LogP contribution in [0.15, 0.2) is 53.2 Å². The molecule has 0 bridgehead atoms. The molecular weight excluding hydrogens is 296 g/mol. The summed E-state index contributed by atoms with van der Waals surface area (Å²) in [7, 11) is 0. The van der Waals surface area contributed by atoms with Crippen molar-refractivity contribution in [3.8, 4) is 0 Å². The number of aliphatic hydroxyl groups excluding tert-OH is 1. The normalized spacial score (nSPS) is 14.0. The Bertz CT molecular complexity index is 652. The van der Waals surface area contributed by atoms with Crippen LogP contribution in [0.4, 0.5) is 5.69 Å². The maximum atomic E-state index is 10.9. The molecule has 1 aromatic carbocycles. The number of benzene rings is 1. The molecule has 0 saturated carbocycles. The Labute approximate surface area is 134 Å². The highest BCUT2D eigenvalue weighted by molar-refractivity contribution is 5.60. The van der Waals surface area contributed by atoms with Gasteiger partial charge in [0.15, 0.2) is 0 Å². The molecule has 6 heteroatoms. The smallest absolute Gasteiger partial charge is 0.276 e. The van der Waals surface area contributed by atoms with E-state index in [1.807, 2.05) is 13.0 Å². The minimum atomic E-state index is -0.647. The first-order chi connectivity index (χ1) is 11.1. The molecule has 1 heterocycles. The molecule has 0 saturated heterocycles. The van der Waals surface area contributed by atoms with Crippen LogP contribution in [0.3, 0.4) is 0 Å². The average Bonchev–Trinajstić information content (AvgIpc) is 3.06. The van der Waals surface area contributed by atoms with Gasteiger partial charge in [0.25, 0.3) is 5.69 Å². The van der Waals surface area contributed by atoms with Crippen LogP contribution in [0.5, 0.6) is 0 Å². The van der Waals surface area contributed by atoms with Gasteiger partial charge in [0.05, 0.1) is 16.7 Å². The van der Waals surface area contributed by atoms with E-state index >= 15 is 0 Å². The fourth-order valence-corrected chi connectivity index (χ4v) is 2.27. The molecule has 1 aromatic heterocycles. The summed E-state index contributed by atoms with van der Waals surface area (Å²) in [5, 5.41) is 24.1. The molecule has 0 aliphatic carbocycles. The Kier molecular flexibility index (Phi) is 6.08. The summed E-state index contributed by atoms with van der Waals surface area (Å²) in [5.41, 5.74) is 0.660. The largest absolute Gasteiger partial charge is 0.467 e. The number of aliphatic hydroxyl groups is 1. The fourth-order valence-electron chi connectivity index (χ4n) is 2.27. The van der Waals surface area contributed by atoms with Crippen LogP contribution in [0.2, 0.25) is 0 Å². The summed E-state index contributed by atoms with van der Waals surface area (Å²) in [6.45, 7) is 2.52. The van der Waals surface area contributed by atoms with Crippen LogP contribution < -0.4 is 5.32 Å². The van der Waals surface area contributed by atoms with Gasteiger partial charge in [-0.2, -0.15) is 0 Å². The van der Waals surface area contributed by atoms with Crippen molar-refractivity contribution >= 4 is 11.8 Å². The minimum absolute atomic E-state index is 0.0745. The van der Waals surface area contributed by atoms with Crippen LogP contribution in [-0.2, 0) is 0 Å². The molecule has 0 spiro atoms. The molecule has 2 atom stereocenters. The maximum Gasteiger partial charge on any atom is 0.276 e. The third-order valence-corrected chi connectivity index (χ3v) is 3.46. The highest BCUT2D eigenvalue weighted by atomic mass is 16.6. The van der Waals surface area contributed by atoms with E-state index in [1.165, 1.54) is 12.3 Å². The molecule has 0 aliphatic rings. The second-order valence-corrected chi connectivity index (χ2v) is 5.29. The quantitative estimate of drug-likeness (QED) is 0.576. The van der Waals surface area contributed by atoms with Crippen molar-refractivity contribution in [3.05, 3.63) is 70.2 Å². The lowest BCUT2D eigenvalue weighted by molar-refractivity contribution is -0.385. The molecule has 2 aromatic rings. The Balaban J connectivity index is 1.81. The first-order valence-electron chi connectivity index (χ1n) is 7.42. The van der Waals surface area contributed by atoms with Crippen molar-refractivity contribution in [1.82, 2.24) is 5.32 Å². The zero-order valence-corrected chi connectivity index (χ0v) is 12.9. The molecular formula is C17H20N2O4. The van der Waals surface area contributed by atoms with E-state index in [-0.39, 0.29) is 11.7 Å². The van der Waals surface area contributed by atoms with Gasteiger partial charge in [0.1, 0.15) is 11.9 Å². The molecule has 0 aliphatic heterocycles. The molecule has 122 valence electrons. The summed E-state index contributed by atoms with van der Waals surface area (Å²) >= 11 is 0. The summed E-state index contributed by atoms with van der Waals surface area (Å²) in [6.07, 6.45) is 4.96. The summed E-state index contributed by atoms with van der Waals surface area (Å²) in [6, 6.07) is 10.2. The lowest BCUT2D eigenvalue weighted by atomic mass is 10.1. The van der Waals surface area contributed by atoms with Crippen molar-refractivity contribution in [2.75, 3.05) is 6.54 Å². The van der Waals surface area contributed by atoms with Gasteiger partial charge in [-0.15, -0.1) is 0 Å². The van der Waals surface area contributed by atoms with Gasteiger partial charge in [-0.25, -0.2) is 0 Å². The van der Waals surface area contributed by atoms with E-state index in [2.05, 4.69) is 5.32 Å². The van der Waals surface area contributed by atoms with Gasteiger partial charge < -0.3 is 14.8 Å². The second kappa shape index (κ2) is 8.26. The van der Waals surface area contributed by atoms with Crippen molar-refractivity contribution < 1.29 is 14.4 Å². The minimum Gasteiger partial charge on any atom is -0.467 e. The van der Waals surface area contributed by atoms with Gasteiger partial charge >= 0.3 is 0 Å². The third kappa shape index (κ3) is 5.05. The van der Waals surface area contributed by atoms with Gasteiger partial charge in [-0.1, -0.05) is 24.3 Å². The molecule has 2 unspecified atom stereocenters. The van der Waals surface area contributed by atoms with E-state index in [1.54, 1.807) is 36.4 Å².